The van der Waals surface area contributed by atoms with Crippen LogP contribution in [-0.4, -0.2) is 21.7 Å². The molecule has 1 aromatic heterocycles. The number of halogens is 1. The molecular weight excluding hydrogens is 262 g/mol. The third kappa shape index (κ3) is 3.22. The number of nitrogens with one attached hydrogen (secondary N) is 1. The monoisotopic (exact) mass is 277 g/mol. The van der Waals surface area contributed by atoms with Crippen molar-refractivity contribution in [2.24, 2.45) is 0 Å². The maximum Gasteiger partial charge on any atom is 0.224 e. The predicted molar refractivity (Wildman–Crippen MR) is 76.3 cm³/mol. The molecule has 0 saturated heterocycles. The summed E-state index contributed by atoms with van der Waals surface area (Å²) in [6.45, 7) is 3.70. The van der Waals surface area contributed by atoms with E-state index in [0.29, 0.717) is 5.82 Å². The Hall–Kier alpha value is -1.65. The van der Waals surface area contributed by atoms with Crippen LogP contribution in [0, 0.1) is 6.92 Å². The largest absolute Gasteiger partial charge is 0.394 e. The molecule has 0 aliphatic carbocycles. The highest BCUT2D eigenvalue weighted by molar-refractivity contribution is 6.28. The summed E-state index contributed by atoms with van der Waals surface area (Å²) >= 11 is 5.84. The molecule has 19 heavy (non-hydrogen) atoms. The van der Waals surface area contributed by atoms with Gasteiger partial charge in [0.05, 0.1) is 12.1 Å². The van der Waals surface area contributed by atoms with E-state index in [-0.39, 0.29) is 11.9 Å². The average molecular weight is 278 g/mol. The Morgan fingerprint density at radius 2 is 1.95 bits per heavy atom. The molecule has 2 rings (SSSR count). The molecule has 0 radical (unpaired) electrons. The number of aliphatic hydroxyl groups excluding tert-OH is 1. The van der Waals surface area contributed by atoms with E-state index < -0.39 is 5.54 Å². The van der Waals surface area contributed by atoms with Crippen molar-refractivity contribution >= 4 is 17.4 Å². The molecule has 0 aliphatic rings. The Kier molecular flexibility index (Phi) is 4.02. The van der Waals surface area contributed by atoms with Gasteiger partial charge in [-0.2, -0.15) is 0 Å². The molecule has 1 atom stereocenters. The Morgan fingerprint density at radius 1 is 1.26 bits per heavy atom. The molecule has 1 aromatic carbocycles. The summed E-state index contributed by atoms with van der Waals surface area (Å²) in [7, 11) is 0. The van der Waals surface area contributed by atoms with Crippen LogP contribution in [-0.2, 0) is 5.54 Å². The number of nitrogens with zero attached hydrogens (tertiary/aromatic N) is 2. The maximum absolute atomic E-state index is 9.70. The normalized spacial score (nSPS) is 13.9. The lowest BCUT2D eigenvalue weighted by Crippen LogP contribution is -2.36. The van der Waals surface area contributed by atoms with Crippen molar-refractivity contribution in [3.63, 3.8) is 0 Å². The highest BCUT2D eigenvalue weighted by atomic mass is 35.5. The van der Waals surface area contributed by atoms with E-state index in [4.69, 9.17) is 11.6 Å². The van der Waals surface area contributed by atoms with Crippen molar-refractivity contribution in [2.75, 3.05) is 11.9 Å². The molecule has 2 aromatic rings. The maximum atomic E-state index is 9.70. The summed E-state index contributed by atoms with van der Waals surface area (Å²) in [5.74, 6) is 0.595. The van der Waals surface area contributed by atoms with Crippen molar-refractivity contribution in [3.05, 3.63) is 52.9 Å². The minimum atomic E-state index is -0.620. The Morgan fingerprint density at radius 3 is 2.53 bits per heavy atom. The standard InChI is InChI=1S/C14H16ClN3O/c1-10-8-12(17-13(15)16-10)18-14(2,9-19)11-6-4-3-5-7-11/h3-8,19H,9H2,1-2H3,(H,16,17,18). The van der Waals surface area contributed by atoms with Gasteiger partial charge < -0.3 is 10.4 Å². The molecule has 4 nitrogen and oxygen atoms in total. The Balaban J connectivity index is 2.33. The molecule has 0 aliphatic heterocycles. The van der Waals surface area contributed by atoms with Gasteiger partial charge in [-0.3, -0.25) is 0 Å². The smallest absolute Gasteiger partial charge is 0.224 e. The van der Waals surface area contributed by atoms with Gasteiger partial charge in [0.25, 0.3) is 0 Å². The minimum Gasteiger partial charge on any atom is -0.394 e. The van der Waals surface area contributed by atoms with Crippen LogP contribution in [0.3, 0.4) is 0 Å². The van der Waals surface area contributed by atoms with E-state index in [2.05, 4.69) is 15.3 Å². The number of aryl methyl sites for hydroxylation is 1. The summed E-state index contributed by atoms with van der Waals surface area (Å²) in [4.78, 5) is 8.14. The summed E-state index contributed by atoms with van der Waals surface area (Å²) in [6.07, 6.45) is 0. The van der Waals surface area contributed by atoms with Crippen LogP contribution < -0.4 is 5.32 Å². The fourth-order valence-electron chi connectivity index (χ4n) is 1.89. The van der Waals surface area contributed by atoms with Crippen molar-refractivity contribution < 1.29 is 5.11 Å². The Bertz CT molecular complexity index is 542. The lowest BCUT2D eigenvalue weighted by atomic mass is 9.93. The molecule has 0 bridgehead atoms. The van der Waals surface area contributed by atoms with Crippen molar-refractivity contribution in [3.8, 4) is 0 Å². The predicted octanol–water partition coefficient (Wildman–Crippen LogP) is 2.76. The van der Waals surface area contributed by atoms with E-state index in [1.165, 1.54) is 0 Å². The molecule has 0 amide bonds. The summed E-state index contributed by atoms with van der Waals surface area (Å²) in [6, 6.07) is 11.5. The van der Waals surface area contributed by atoms with Crippen molar-refractivity contribution in [1.82, 2.24) is 9.97 Å². The highest BCUT2D eigenvalue weighted by Crippen LogP contribution is 2.25. The number of hydrogen-bond donors (Lipinski definition) is 2. The van der Waals surface area contributed by atoms with Crippen LogP contribution in [0.25, 0.3) is 0 Å². The van der Waals surface area contributed by atoms with Gasteiger partial charge in [0.1, 0.15) is 5.82 Å². The van der Waals surface area contributed by atoms with Crippen LogP contribution in [0.15, 0.2) is 36.4 Å². The number of benzene rings is 1. The van der Waals surface area contributed by atoms with E-state index in [0.717, 1.165) is 11.3 Å². The van der Waals surface area contributed by atoms with Gasteiger partial charge in [-0.15, -0.1) is 0 Å². The lowest BCUT2D eigenvalue weighted by molar-refractivity contribution is 0.223. The zero-order chi connectivity index (χ0) is 13.9. The van der Waals surface area contributed by atoms with Gasteiger partial charge in [-0.1, -0.05) is 30.3 Å². The first kappa shape index (κ1) is 13.8. The SMILES string of the molecule is Cc1cc(NC(C)(CO)c2ccccc2)nc(Cl)n1. The summed E-state index contributed by atoms with van der Waals surface area (Å²) in [5, 5.41) is 13.1. The van der Waals surface area contributed by atoms with Gasteiger partial charge in [0.2, 0.25) is 5.28 Å². The second-order valence-electron chi connectivity index (χ2n) is 4.64. The zero-order valence-corrected chi connectivity index (χ0v) is 11.6. The molecule has 0 fully saturated rings. The molecule has 1 unspecified atom stereocenters. The fourth-order valence-corrected chi connectivity index (χ4v) is 2.11. The number of anilines is 1. The number of aromatic nitrogens is 2. The van der Waals surface area contributed by atoms with Crippen LogP contribution in [0.4, 0.5) is 5.82 Å². The van der Waals surface area contributed by atoms with Gasteiger partial charge in [0, 0.05) is 11.8 Å². The Labute approximate surface area is 117 Å². The van der Waals surface area contributed by atoms with Crippen molar-refractivity contribution in [1.29, 1.82) is 0 Å². The van der Waals surface area contributed by atoms with E-state index in [9.17, 15) is 5.11 Å². The first-order chi connectivity index (χ1) is 9.03. The molecule has 1 heterocycles. The number of hydrogen-bond acceptors (Lipinski definition) is 4. The second-order valence-corrected chi connectivity index (χ2v) is 4.98. The average Bonchev–Trinajstić information content (AvgIpc) is 2.38. The van der Waals surface area contributed by atoms with Crippen LogP contribution in [0.2, 0.25) is 5.28 Å². The van der Waals surface area contributed by atoms with Gasteiger partial charge in [-0.05, 0) is 31.0 Å². The van der Waals surface area contributed by atoms with Crippen molar-refractivity contribution in [2.45, 2.75) is 19.4 Å². The molecule has 5 heteroatoms. The number of aliphatic hydroxyl groups is 1. The first-order valence-corrected chi connectivity index (χ1v) is 6.37. The van der Waals surface area contributed by atoms with Crippen LogP contribution in [0.1, 0.15) is 18.2 Å². The van der Waals surface area contributed by atoms with Crippen LogP contribution in [0.5, 0.6) is 0 Å². The lowest BCUT2D eigenvalue weighted by Gasteiger charge is -2.30. The molecular formula is C14H16ClN3O. The van der Waals surface area contributed by atoms with Crippen LogP contribution >= 0.6 is 11.6 Å². The van der Waals surface area contributed by atoms with E-state index in [1.807, 2.05) is 44.2 Å². The minimum absolute atomic E-state index is 0.0579. The number of rotatable bonds is 4. The molecule has 100 valence electrons. The third-order valence-electron chi connectivity index (χ3n) is 2.96. The van der Waals surface area contributed by atoms with Gasteiger partial charge in [-0.25, -0.2) is 9.97 Å². The van der Waals surface area contributed by atoms with Gasteiger partial charge in [0.15, 0.2) is 0 Å². The second kappa shape index (κ2) is 5.55. The highest BCUT2D eigenvalue weighted by Gasteiger charge is 2.26. The van der Waals surface area contributed by atoms with Gasteiger partial charge >= 0.3 is 0 Å². The van der Waals surface area contributed by atoms with E-state index in [1.54, 1.807) is 6.07 Å². The van der Waals surface area contributed by atoms with E-state index >= 15 is 0 Å². The summed E-state index contributed by atoms with van der Waals surface area (Å²) in [5.41, 5.74) is 1.13. The molecule has 2 N–H and O–H groups in total. The zero-order valence-electron chi connectivity index (χ0n) is 10.9. The fraction of sp³-hybridized carbons (Fsp3) is 0.286. The quantitative estimate of drug-likeness (QED) is 0.844. The first-order valence-electron chi connectivity index (χ1n) is 5.99. The molecule has 0 spiro atoms. The topological polar surface area (TPSA) is 58.0 Å². The summed E-state index contributed by atoms with van der Waals surface area (Å²) < 4.78 is 0. The third-order valence-corrected chi connectivity index (χ3v) is 3.13. The molecule has 0 saturated carbocycles.